The SMILES string of the molecule is CCCc1ccc(OC)c(O)c1O. The van der Waals surface area contributed by atoms with Crippen molar-refractivity contribution in [1.82, 2.24) is 0 Å². The molecule has 0 radical (unpaired) electrons. The lowest BCUT2D eigenvalue weighted by atomic mass is 10.1. The van der Waals surface area contributed by atoms with Crippen molar-refractivity contribution in [3.05, 3.63) is 17.7 Å². The molecule has 1 rings (SSSR count). The number of phenolic OH excluding ortho intramolecular Hbond substituents is 2. The maximum Gasteiger partial charge on any atom is 0.200 e. The van der Waals surface area contributed by atoms with E-state index < -0.39 is 0 Å². The topological polar surface area (TPSA) is 49.7 Å². The van der Waals surface area contributed by atoms with Gasteiger partial charge in [-0.2, -0.15) is 0 Å². The maximum absolute atomic E-state index is 9.51. The van der Waals surface area contributed by atoms with Crippen molar-refractivity contribution in [2.24, 2.45) is 0 Å². The summed E-state index contributed by atoms with van der Waals surface area (Å²) in [5.41, 5.74) is 0.751. The zero-order chi connectivity index (χ0) is 9.84. The van der Waals surface area contributed by atoms with Gasteiger partial charge in [0.25, 0.3) is 0 Å². The highest BCUT2D eigenvalue weighted by atomic mass is 16.5. The van der Waals surface area contributed by atoms with Crippen LogP contribution in [0.1, 0.15) is 18.9 Å². The molecular formula is C10H14O3. The van der Waals surface area contributed by atoms with Gasteiger partial charge in [0.05, 0.1) is 7.11 Å². The van der Waals surface area contributed by atoms with Crippen molar-refractivity contribution in [2.75, 3.05) is 7.11 Å². The lowest BCUT2D eigenvalue weighted by Crippen LogP contribution is -1.88. The molecule has 2 N–H and O–H groups in total. The number of aromatic hydroxyl groups is 2. The van der Waals surface area contributed by atoms with E-state index in [9.17, 15) is 10.2 Å². The summed E-state index contributed by atoms with van der Waals surface area (Å²) in [6.45, 7) is 2.01. The summed E-state index contributed by atoms with van der Waals surface area (Å²) in [7, 11) is 1.45. The molecule has 72 valence electrons. The summed E-state index contributed by atoms with van der Waals surface area (Å²) >= 11 is 0. The number of hydrogen-bond donors (Lipinski definition) is 2. The van der Waals surface area contributed by atoms with Gasteiger partial charge in [0, 0.05) is 0 Å². The second kappa shape index (κ2) is 4.03. The van der Waals surface area contributed by atoms with Crippen LogP contribution in [0.5, 0.6) is 17.2 Å². The fraction of sp³-hybridized carbons (Fsp3) is 0.400. The monoisotopic (exact) mass is 182 g/mol. The van der Waals surface area contributed by atoms with Gasteiger partial charge in [-0.15, -0.1) is 0 Å². The number of ether oxygens (including phenoxy) is 1. The Balaban J connectivity index is 3.07. The highest BCUT2D eigenvalue weighted by Gasteiger charge is 2.10. The van der Waals surface area contributed by atoms with Crippen LogP contribution >= 0.6 is 0 Å². The Hall–Kier alpha value is -1.38. The van der Waals surface area contributed by atoms with Gasteiger partial charge in [0.2, 0.25) is 5.75 Å². The normalized spacial score (nSPS) is 10.0. The summed E-state index contributed by atoms with van der Waals surface area (Å²) < 4.78 is 4.85. The average molecular weight is 182 g/mol. The summed E-state index contributed by atoms with van der Waals surface area (Å²) in [5.74, 6) is 0.0620. The second-order valence-corrected chi connectivity index (χ2v) is 2.87. The van der Waals surface area contributed by atoms with Gasteiger partial charge >= 0.3 is 0 Å². The Bertz CT molecular complexity index is 294. The van der Waals surface area contributed by atoms with Gasteiger partial charge in [-0.1, -0.05) is 19.4 Å². The molecular weight excluding hydrogens is 168 g/mol. The molecule has 3 heteroatoms. The van der Waals surface area contributed by atoms with E-state index in [1.807, 2.05) is 6.92 Å². The first kappa shape index (κ1) is 9.71. The molecule has 3 nitrogen and oxygen atoms in total. The molecule has 0 fully saturated rings. The zero-order valence-corrected chi connectivity index (χ0v) is 7.87. The molecule has 1 aromatic rings. The van der Waals surface area contributed by atoms with Gasteiger partial charge in [0.1, 0.15) is 0 Å². The molecule has 1 aromatic carbocycles. The number of phenols is 2. The van der Waals surface area contributed by atoms with Gasteiger partial charge in [0.15, 0.2) is 11.5 Å². The van der Waals surface area contributed by atoms with Crippen LogP contribution in [0.2, 0.25) is 0 Å². The molecule has 0 saturated carbocycles. The van der Waals surface area contributed by atoms with Crippen LogP contribution < -0.4 is 4.74 Å². The predicted octanol–water partition coefficient (Wildman–Crippen LogP) is 2.06. The van der Waals surface area contributed by atoms with Crippen LogP contribution in [0, 0.1) is 0 Å². The summed E-state index contributed by atoms with van der Waals surface area (Å²) in [4.78, 5) is 0. The predicted molar refractivity (Wildman–Crippen MR) is 50.3 cm³/mol. The van der Waals surface area contributed by atoms with Crippen molar-refractivity contribution in [3.63, 3.8) is 0 Å². The Morgan fingerprint density at radius 1 is 1.23 bits per heavy atom. The third-order valence-electron chi connectivity index (χ3n) is 1.94. The standard InChI is InChI=1S/C10H14O3/c1-3-4-7-5-6-8(13-2)10(12)9(7)11/h5-6,11-12H,3-4H2,1-2H3. The van der Waals surface area contributed by atoms with Crippen LogP contribution in [0.25, 0.3) is 0 Å². The minimum absolute atomic E-state index is 0.0683. The summed E-state index contributed by atoms with van der Waals surface area (Å²) in [5, 5.41) is 18.9. The van der Waals surface area contributed by atoms with E-state index in [1.54, 1.807) is 12.1 Å². The van der Waals surface area contributed by atoms with E-state index in [0.29, 0.717) is 5.75 Å². The number of rotatable bonds is 3. The fourth-order valence-corrected chi connectivity index (χ4v) is 1.24. The minimum atomic E-state index is -0.173. The lowest BCUT2D eigenvalue weighted by Gasteiger charge is -2.08. The Morgan fingerprint density at radius 3 is 2.46 bits per heavy atom. The summed E-state index contributed by atoms with van der Waals surface area (Å²) in [6, 6.07) is 3.41. The molecule has 0 atom stereocenters. The van der Waals surface area contributed by atoms with Crippen LogP contribution in [0.4, 0.5) is 0 Å². The van der Waals surface area contributed by atoms with Crippen molar-refractivity contribution >= 4 is 0 Å². The molecule has 0 heterocycles. The van der Waals surface area contributed by atoms with Gasteiger partial charge < -0.3 is 14.9 Å². The van der Waals surface area contributed by atoms with Crippen LogP contribution in [0.15, 0.2) is 12.1 Å². The average Bonchev–Trinajstić information content (AvgIpc) is 2.14. The van der Waals surface area contributed by atoms with Crippen molar-refractivity contribution < 1.29 is 14.9 Å². The van der Waals surface area contributed by atoms with Crippen molar-refractivity contribution in [2.45, 2.75) is 19.8 Å². The van der Waals surface area contributed by atoms with E-state index in [1.165, 1.54) is 7.11 Å². The fourth-order valence-electron chi connectivity index (χ4n) is 1.24. The first-order valence-corrected chi connectivity index (χ1v) is 4.28. The molecule has 0 spiro atoms. The van der Waals surface area contributed by atoms with Crippen LogP contribution in [0.3, 0.4) is 0 Å². The molecule has 13 heavy (non-hydrogen) atoms. The molecule has 0 aliphatic heterocycles. The Morgan fingerprint density at radius 2 is 1.92 bits per heavy atom. The molecule has 0 unspecified atom stereocenters. The minimum Gasteiger partial charge on any atom is -0.504 e. The molecule has 0 bridgehead atoms. The van der Waals surface area contributed by atoms with E-state index in [2.05, 4.69) is 0 Å². The van der Waals surface area contributed by atoms with Crippen LogP contribution in [-0.4, -0.2) is 17.3 Å². The lowest BCUT2D eigenvalue weighted by molar-refractivity contribution is 0.349. The van der Waals surface area contributed by atoms with Gasteiger partial charge in [-0.3, -0.25) is 0 Å². The largest absolute Gasteiger partial charge is 0.504 e. The quantitative estimate of drug-likeness (QED) is 0.703. The molecule has 0 aromatic heterocycles. The molecule has 0 amide bonds. The molecule has 0 saturated heterocycles. The number of methoxy groups -OCH3 is 1. The zero-order valence-electron chi connectivity index (χ0n) is 7.87. The van der Waals surface area contributed by atoms with E-state index in [4.69, 9.17) is 4.74 Å². The van der Waals surface area contributed by atoms with Gasteiger partial charge in [-0.25, -0.2) is 0 Å². The number of hydrogen-bond acceptors (Lipinski definition) is 3. The van der Waals surface area contributed by atoms with Crippen molar-refractivity contribution in [1.29, 1.82) is 0 Å². The maximum atomic E-state index is 9.51. The van der Waals surface area contributed by atoms with Crippen LogP contribution in [-0.2, 0) is 6.42 Å². The Labute approximate surface area is 77.6 Å². The highest BCUT2D eigenvalue weighted by molar-refractivity contribution is 5.53. The van der Waals surface area contributed by atoms with E-state index in [0.717, 1.165) is 18.4 Å². The molecule has 0 aliphatic rings. The third-order valence-corrected chi connectivity index (χ3v) is 1.94. The smallest absolute Gasteiger partial charge is 0.200 e. The molecule has 0 aliphatic carbocycles. The third kappa shape index (κ3) is 1.86. The first-order chi connectivity index (χ1) is 6.20. The Kier molecular flexibility index (Phi) is 3.01. The number of benzene rings is 1. The van der Waals surface area contributed by atoms with Crippen molar-refractivity contribution in [3.8, 4) is 17.2 Å². The number of aryl methyl sites for hydroxylation is 1. The summed E-state index contributed by atoms with van der Waals surface area (Å²) in [6.07, 6.45) is 1.68. The van der Waals surface area contributed by atoms with E-state index in [-0.39, 0.29) is 11.5 Å². The van der Waals surface area contributed by atoms with E-state index >= 15 is 0 Å². The first-order valence-electron chi connectivity index (χ1n) is 4.28. The van der Waals surface area contributed by atoms with Gasteiger partial charge in [-0.05, 0) is 18.1 Å². The second-order valence-electron chi connectivity index (χ2n) is 2.87. The highest BCUT2D eigenvalue weighted by Crippen LogP contribution is 2.38.